The SMILES string of the molecule is Cc1ccc(O)c(C(=O)N(C)CC2CCCNC2)c1. The van der Waals surface area contributed by atoms with E-state index >= 15 is 0 Å². The number of phenols is 1. The maximum atomic E-state index is 12.3. The highest BCUT2D eigenvalue weighted by Crippen LogP contribution is 2.20. The Morgan fingerprint density at radius 1 is 1.53 bits per heavy atom. The van der Waals surface area contributed by atoms with Crippen LogP contribution in [0.3, 0.4) is 0 Å². The Bertz CT molecular complexity index is 453. The molecule has 0 radical (unpaired) electrons. The summed E-state index contributed by atoms with van der Waals surface area (Å²) in [6.07, 6.45) is 2.33. The van der Waals surface area contributed by atoms with E-state index in [4.69, 9.17) is 0 Å². The van der Waals surface area contributed by atoms with E-state index in [2.05, 4.69) is 5.32 Å². The third kappa shape index (κ3) is 3.47. The van der Waals surface area contributed by atoms with Gasteiger partial charge in [0.1, 0.15) is 5.75 Å². The van der Waals surface area contributed by atoms with Crippen molar-refractivity contribution in [2.75, 3.05) is 26.7 Å². The van der Waals surface area contributed by atoms with Gasteiger partial charge < -0.3 is 15.3 Å². The Morgan fingerprint density at radius 3 is 3.00 bits per heavy atom. The van der Waals surface area contributed by atoms with Gasteiger partial charge in [-0.15, -0.1) is 0 Å². The molecular weight excluding hydrogens is 240 g/mol. The molecule has 0 bridgehead atoms. The number of nitrogens with one attached hydrogen (secondary N) is 1. The van der Waals surface area contributed by atoms with Gasteiger partial charge in [0.15, 0.2) is 0 Å². The maximum absolute atomic E-state index is 12.3. The first-order valence-corrected chi connectivity index (χ1v) is 6.83. The first kappa shape index (κ1) is 13.9. The maximum Gasteiger partial charge on any atom is 0.257 e. The fraction of sp³-hybridized carbons (Fsp3) is 0.533. The number of nitrogens with zero attached hydrogens (tertiary/aromatic N) is 1. The third-order valence-corrected chi connectivity index (χ3v) is 3.66. The van der Waals surface area contributed by atoms with Crippen molar-refractivity contribution < 1.29 is 9.90 Å². The molecule has 104 valence electrons. The second-order valence-electron chi connectivity index (χ2n) is 5.42. The van der Waals surface area contributed by atoms with Crippen molar-refractivity contribution in [1.29, 1.82) is 0 Å². The van der Waals surface area contributed by atoms with E-state index in [0.717, 1.165) is 31.6 Å². The van der Waals surface area contributed by atoms with Crippen LogP contribution < -0.4 is 5.32 Å². The summed E-state index contributed by atoms with van der Waals surface area (Å²) in [4.78, 5) is 14.1. The molecule has 0 saturated carbocycles. The molecule has 4 heteroatoms. The number of carbonyl (C=O) groups is 1. The van der Waals surface area contributed by atoms with Crippen molar-refractivity contribution in [3.05, 3.63) is 29.3 Å². The highest BCUT2D eigenvalue weighted by Gasteiger charge is 2.20. The lowest BCUT2D eigenvalue weighted by molar-refractivity contribution is 0.0761. The minimum absolute atomic E-state index is 0.0595. The molecule has 1 fully saturated rings. The van der Waals surface area contributed by atoms with E-state index in [1.807, 2.05) is 6.92 Å². The highest BCUT2D eigenvalue weighted by molar-refractivity contribution is 5.96. The summed E-state index contributed by atoms with van der Waals surface area (Å²) in [6.45, 7) is 4.70. The van der Waals surface area contributed by atoms with E-state index in [9.17, 15) is 9.90 Å². The smallest absolute Gasteiger partial charge is 0.257 e. The van der Waals surface area contributed by atoms with Crippen LogP contribution in [0.5, 0.6) is 5.75 Å². The number of aryl methyl sites for hydroxylation is 1. The Labute approximate surface area is 114 Å². The number of benzene rings is 1. The predicted molar refractivity (Wildman–Crippen MR) is 75.4 cm³/mol. The summed E-state index contributed by atoms with van der Waals surface area (Å²) in [5.74, 6) is 0.464. The van der Waals surface area contributed by atoms with Crippen molar-refractivity contribution in [2.45, 2.75) is 19.8 Å². The quantitative estimate of drug-likeness (QED) is 0.873. The van der Waals surface area contributed by atoms with Gasteiger partial charge in [0.2, 0.25) is 0 Å². The van der Waals surface area contributed by atoms with Crippen LogP contribution in [0.1, 0.15) is 28.8 Å². The van der Waals surface area contributed by atoms with Crippen molar-refractivity contribution >= 4 is 5.91 Å². The molecule has 19 heavy (non-hydrogen) atoms. The molecule has 1 aromatic carbocycles. The largest absolute Gasteiger partial charge is 0.507 e. The molecule has 0 aliphatic carbocycles. The molecule has 0 spiro atoms. The van der Waals surface area contributed by atoms with Crippen LogP contribution in [0.15, 0.2) is 18.2 Å². The van der Waals surface area contributed by atoms with Gasteiger partial charge in [-0.05, 0) is 50.9 Å². The second kappa shape index (κ2) is 6.06. The van der Waals surface area contributed by atoms with Gasteiger partial charge in [0.25, 0.3) is 5.91 Å². The summed E-state index contributed by atoms with van der Waals surface area (Å²) in [7, 11) is 1.80. The van der Waals surface area contributed by atoms with E-state index in [0.29, 0.717) is 11.5 Å². The van der Waals surface area contributed by atoms with Gasteiger partial charge in [0, 0.05) is 13.6 Å². The molecule has 2 rings (SSSR count). The average Bonchev–Trinajstić information content (AvgIpc) is 2.42. The van der Waals surface area contributed by atoms with Gasteiger partial charge >= 0.3 is 0 Å². The molecule has 1 aliphatic rings. The summed E-state index contributed by atoms with van der Waals surface area (Å²) < 4.78 is 0. The summed E-state index contributed by atoms with van der Waals surface area (Å²) >= 11 is 0. The van der Waals surface area contributed by atoms with Crippen LogP contribution in [0, 0.1) is 12.8 Å². The topological polar surface area (TPSA) is 52.6 Å². The van der Waals surface area contributed by atoms with E-state index in [-0.39, 0.29) is 11.7 Å². The first-order valence-electron chi connectivity index (χ1n) is 6.83. The molecule has 0 aromatic heterocycles. The van der Waals surface area contributed by atoms with Gasteiger partial charge in [-0.25, -0.2) is 0 Å². The number of aromatic hydroxyl groups is 1. The first-order chi connectivity index (χ1) is 9.08. The Hall–Kier alpha value is -1.55. The molecule has 1 unspecified atom stereocenters. The zero-order valence-electron chi connectivity index (χ0n) is 11.6. The number of carbonyl (C=O) groups excluding carboxylic acids is 1. The van der Waals surface area contributed by atoms with Crippen molar-refractivity contribution in [2.24, 2.45) is 5.92 Å². The fourth-order valence-electron chi connectivity index (χ4n) is 2.58. The molecular formula is C15H22N2O2. The zero-order chi connectivity index (χ0) is 13.8. The highest BCUT2D eigenvalue weighted by atomic mass is 16.3. The van der Waals surface area contributed by atoms with E-state index in [1.165, 1.54) is 6.42 Å². The molecule has 1 aromatic rings. The second-order valence-corrected chi connectivity index (χ2v) is 5.42. The lowest BCUT2D eigenvalue weighted by Crippen LogP contribution is -2.39. The normalized spacial score (nSPS) is 19.2. The molecule has 1 atom stereocenters. The summed E-state index contributed by atoms with van der Waals surface area (Å²) in [6, 6.07) is 5.13. The van der Waals surface area contributed by atoms with Gasteiger partial charge in [-0.2, -0.15) is 0 Å². The summed E-state index contributed by atoms with van der Waals surface area (Å²) in [5, 5.41) is 13.2. The molecule has 1 aliphatic heterocycles. The lowest BCUT2D eigenvalue weighted by atomic mass is 9.99. The number of piperidine rings is 1. The lowest BCUT2D eigenvalue weighted by Gasteiger charge is -2.27. The van der Waals surface area contributed by atoms with Gasteiger partial charge in [-0.3, -0.25) is 4.79 Å². The Morgan fingerprint density at radius 2 is 2.32 bits per heavy atom. The minimum atomic E-state index is -0.105. The Kier molecular flexibility index (Phi) is 4.43. The summed E-state index contributed by atoms with van der Waals surface area (Å²) in [5.41, 5.74) is 1.38. The van der Waals surface area contributed by atoms with Crippen LogP contribution in [-0.4, -0.2) is 42.6 Å². The van der Waals surface area contributed by atoms with Crippen molar-refractivity contribution in [1.82, 2.24) is 10.2 Å². The van der Waals surface area contributed by atoms with Crippen LogP contribution in [0.4, 0.5) is 0 Å². The van der Waals surface area contributed by atoms with Gasteiger partial charge in [-0.1, -0.05) is 11.6 Å². The number of rotatable bonds is 3. The molecule has 1 saturated heterocycles. The zero-order valence-corrected chi connectivity index (χ0v) is 11.6. The van der Waals surface area contributed by atoms with Crippen LogP contribution in [0.25, 0.3) is 0 Å². The molecule has 2 N–H and O–H groups in total. The predicted octanol–water partition coefficient (Wildman–Crippen LogP) is 1.77. The number of hydrogen-bond donors (Lipinski definition) is 2. The number of phenolic OH excluding ortho intramolecular Hbond substituents is 1. The van der Waals surface area contributed by atoms with E-state index < -0.39 is 0 Å². The van der Waals surface area contributed by atoms with Crippen LogP contribution >= 0.6 is 0 Å². The molecule has 1 amide bonds. The number of hydrogen-bond acceptors (Lipinski definition) is 3. The van der Waals surface area contributed by atoms with Crippen LogP contribution in [-0.2, 0) is 0 Å². The number of amides is 1. The minimum Gasteiger partial charge on any atom is -0.507 e. The average molecular weight is 262 g/mol. The fourth-order valence-corrected chi connectivity index (χ4v) is 2.58. The monoisotopic (exact) mass is 262 g/mol. The van der Waals surface area contributed by atoms with Gasteiger partial charge in [0.05, 0.1) is 5.56 Å². The molecule has 4 nitrogen and oxygen atoms in total. The van der Waals surface area contributed by atoms with E-state index in [1.54, 1.807) is 30.1 Å². The van der Waals surface area contributed by atoms with Crippen molar-refractivity contribution in [3.8, 4) is 5.75 Å². The molecule has 1 heterocycles. The van der Waals surface area contributed by atoms with Crippen molar-refractivity contribution in [3.63, 3.8) is 0 Å². The third-order valence-electron chi connectivity index (χ3n) is 3.66. The van der Waals surface area contributed by atoms with Crippen LogP contribution in [0.2, 0.25) is 0 Å². The standard InChI is InChI=1S/C15H22N2O2/c1-11-5-6-14(18)13(8-11)15(19)17(2)10-12-4-3-7-16-9-12/h5-6,8,12,16,18H,3-4,7,9-10H2,1-2H3. The Balaban J connectivity index is 2.03.